The number of nitrogens with zero attached hydrogens (tertiary/aromatic N) is 3. The fourth-order valence-electron chi connectivity index (χ4n) is 1.23. The van der Waals surface area contributed by atoms with Crippen molar-refractivity contribution in [2.45, 2.75) is 6.54 Å². The molecule has 0 bridgehead atoms. The normalized spacial score (nSPS) is 9.87. The van der Waals surface area contributed by atoms with Crippen molar-refractivity contribution >= 4 is 5.69 Å². The average Bonchev–Trinajstić information content (AvgIpc) is 2.83. The minimum absolute atomic E-state index is 0.331. The van der Waals surface area contributed by atoms with Crippen LogP contribution in [-0.2, 0) is 13.6 Å². The Hall–Kier alpha value is -2.22. The molecule has 0 atom stereocenters. The molecule has 2 rings (SSSR count). The highest BCUT2D eigenvalue weighted by molar-refractivity contribution is 5.38. The van der Waals surface area contributed by atoms with Gasteiger partial charge >= 0.3 is 0 Å². The molecule has 0 aliphatic heterocycles. The molecule has 0 radical (unpaired) electrons. The first-order chi connectivity index (χ1) is 7.28. The monoisotopic (exact) mass is 202 g/mol. The standard InChI is InChI=1S/C10H10N4O/c1-14-7-8(5-13-14)12-6-10-3-2-9(4-11)15-10/h2-3,5,7,12H,6H2,1H3. The number of hydrogen-bond donors (Lipinski definition) is 1. The summed E-state index contributed by atoms with van der Waals surface area (Å²) in [5.41, 5.74) is 0.924. The Bertz CT molecular complexity index is 491. The van der Waals surface area contributed by atoms with Crippen molar-refractivity contribution in [2.24, 2.45) is 7.05 Å². The highest BCUT2D eigenvalue weighted by atomic mass is 16.3. The molecule has 0 saturated heterocycles. The van der Waals surface area contributed by atoms with Crippen LogP contribution < -0.4 is 5.32 Å². The molecule has 0 aliphatic carbocycles. The van der Waals surface area contributed by atoms with Crippen molar-refractivity contribution in [3.63, 3.8) is 0 Å². The predicted molar refractivity (Wildman–Crippen MR) is 54.0 cm³/mol. The largest absolute Gasteiger partial charge is 0.449 e. The van der Waals surface area contributed by atoms with E-state index < -0.39 is 0 Å². The van der Waals surface area contributed by atoms with Gasteiger partial charge in [0.05, 0.1) is 18.4 Å². The molecule has 0 unspecified atom stereocenters. The van der Waals surface area contributed by atoms with E-state index in [1.165, 1.54) is 0 Å². The Morgan fingerprint density at radius 3 is 3.07 bits per heavy atom. The second-order valence-electron chi connectivity index (χ2n) is 3.13. The lowest BCUT2D eigenvalue weighted by Gasteiger charge is -1.98. The highest BCUT2D eigenvalue weighted by Gasteiger charge is 2.01. The van der Waals surface area contributed by atoms with Crippen LogP contribution in [0.2, 0.25) is 0 Å². The Kier molecular flexibility index (Phi) is 2.42. The Labute approximate surface area is 86.9 Å². The van der Waals surface area contributed by atoms with Crippen molar-refractivity contribution in [1.29, 1.82) is 5.26 Å². The molecule has 5 heteroatoms. The van der Waals surface area contributed by atoms with Crippen LogP contribution >= 0.6 is 0 Å². The lowest BCUT2D eigenvalue weighted by molar-refractivity contribution is 0.506. The maximum atomic E-state index is 8.56. The molecular formula is C10H10N4O. The molecular weight excluding hydrogens is 192 g/mol. The Morgan fingerprint density at radius 2 is 2.47 bits per heavy atom. The summed E-state index contributed by atoms with van der Waals surface area (Å²) in [6.07, 6.45) is 3.60. The van der Waals surface area contributed by atoms with E-state index in [0.717, 1.165) is 11.4 Å². The fraction of sp³-hybridized carbons (Fsp3) is 0.200. The summed E-state index contributed by atoms with van der Waals surface area (Å²) in [4.78, 5) is 0. The molecule has 0 saturated carbocycles. The van der Waals surface area contributed by atoms with Gasteiger partial charge in [0.15, 0.2) is 0 Å². The fourth-order valence-corrected chi connectivity index (χ4v) is 1.23. The highest BCUT2D eigenvalue weighted by Crippen LogP contribution is 2.10. The smallest absolute Gasteiger partial charge is 0.203 e. The molecule has 0 aromatic carbocycles. The van der Waals surface area contributed by atoms with E-state index in [4.69, 9.17) is 9.68 Å². The quantitative estimate of drug-likeness (QED) is 0.818. The molecule has 2 aromatic heterocycles. The van der Waals surface area contributed by atoms with Crippen LogP contribution in [0.25, 0.3) is 0 Å². The third kappa shape index (κ3) is 2.17. The van der Waals surface area contributed by atoms with Crippen LogP contribution in [0, 0.1) is 11.3 Å². The number of aryl methyl sites for hydroxylation is 1. The van der Waals surface area contributed by atoms with Crippen molar-refractivity contribution in [2.75, 3.05) is 5.32 Å². The van der Waals surface area contributed by atoms with Gasteiger partial charge in [0, 0.05) is 13.2 Å². The van der Waals surface area contributed by atoms with Crippen LogP contribution in [0.4, 0.5) is 5.69 Å². The zero-order valence-electron chi connectivity index (χ0n) is 8.27. The third-order valence-corrected chi connectivity index (χ3v) is 1.94. The number of aromatic nitrogens is 2. The zero-order valence-corrected chi connectivity index (χ0v) is 8.27. The Morgan fingerprint density at radius 1 is 1.60 bits per heavy atom. The van der Waals surface area contributed by atoms with Crippen molar-refractivity contribution in [1.82, 2.24) is 9.78 Å². The van der Waals surface area contributed by atoms with Crippen LogP contribution in [-0.4, -0.2) is 9.78 Å². The molecule has 0 aliphatic rings. The van der Waals surface area contributed by atoms with Gasteiger partial charge in [-0.25, -0.2) is 0 Å². The van der Waals surface area contributed by atoms with E-state index in [9.17, 15) is 0 Å². The number of furan rings is 1. The van der Waals surface area contributed by atoms with Crippen LogP contribution in [0.3, 0.4) is 0 Å². The van der Waals surface area contributed by atoms with E-state index in [-0.39, 0.29) is 0 Å². The van der Waals surface area contributed by atoms with E-state index in [1.54, 1.807) is 23.0 Å². The van der Waals surface area contributed by atoms with Crippen LogP contribution in [0.1, 0.15) is 11.5 Å². The second kappa shape index (κ2) is 3.88. The Balaban J connectivity index is 1.96. The molecule has 0 fully saturated rings. The first kappa shape index (κ1) is 9.34. The summed E-state index contributed by atoms with van der Waals surface area (Å²) < 4.78 is 6.92. The molecule has 5 nitrogen and oxygen atoms in total. The molecule has 1 N–H and O–H groups in total. The summed E-state index contributed by atoms with van der Waals surface area (Å²) in [6, 6.07) is 5.37. The molecule has 15 heavy (non-hydrogen) atoms. The number of hydrogen-bond acceptors (Lipinski definition) is 4. The molecule has 2 aromatic rings. The van der Waals surface area contributed by atoms with Gasteiger partial charge in [-0.2, -0.15) is 10.4 Å². The van der Waals surface area contributed by atoms with Crippen LogP contribution in [0.15, 0.2) is 28.9 Å². The lowest BCUT2D eigenvalue weighted by Crippen LogP contribution is -1.96. The van der Waals surface area contributed by atoms with E-state index in [0.29, 0.717) is 12.3 Å². The van der Waals surface area contributed by atoms with Gasteiger partial charge in [-0.1, -0.05) is 0 Å². The molecule has 0 amide bonds. The minimum Gasteiger partial charge on any atom is -0.449 e. The van der Waals surface area contributed by atoms with E-state index in [1.807, 2.05) is 19.3 Å². The summed E-state index contributed by atoms with van der Waals surface area (Å²) in [6.45, 7) is 0.549. The van der Waals surface area contributed by atoms with Crippen molar-refractivity contribution in [3.05, 3.63) is 36.0 Å². The molecule has 2 heterocycles. The summed E-state index contributed by atoms with van der Waals surface area (Å²) in [5.74, 6) is 1.06. The van der Waals surface area contributed by atoms with Gasteiger partial charge in [0.1, 0.15) is 11.8 Å². The van der Waals surface area contributed by atoms with Gasteiger partial charge < -0.3 is 9.73 Å². The van der Waals surface area contributed by atoms with Gasteiger partial charge in [0.25, 0.3) is 0 Å². The van der Waals surface area contributed by atoms with Gasteiger partial charge in [-0.15, -0.1) is 0 Å². The van der Waals surface area contributed by atoms with Gasteiger partial charge in [-0.05, 0) is 12.1 Å². The summed E-state index contributed by atoms with van der Waals surface area (Å²) in [7, 11) is 1.85. The number of nitrogens with one attached hydrogen (secondary N) is 1. The number of rotatable bonds is 3. The van der Waals surface area contributed by atoms with Crippen molar-refractivity contribution in [3.8, 4) is 6.07 Å². The van der Waals surface area contributed by atoms with Crippen molar-refractivity contribution < 1.29 is 4.42 Å². The lowest BCUT2D eigenvalue weighted by atomic mass is 10.4. The van der Waals surface area contributed by atoms with Gasteiger partial charge in [-0.3, -0.25) is 4.68 Å². The van der Waals surface area contributed by atoms with Gasteiger partial charge in [0.2, 0.25) is 5.76 Å². The van der Waals surface area contributed by atoms with E-state index in [2.05, 4.69) is 10.4 Å². The number of nitriles is 1. The molecule has 0 spiro atoms. The SMILES string of the molecule is Cn1cc(NCc2ccc(C#N)o2)cn1. The average molecular weight is 202 g/mol. The third-order valence-electron chi connectivity index (χ3n) is 1.94. The minimum atomic E-state index is 0.331. The topological polar surface area (TPSA) is 66.8 Å². The first-order valence-corrected chi connectivity index (χ1v) is 4.49. The van der Waals surface area contributed by atoms with E-state index >= 15 is 0 Å². The number of anilines is 1. The maximum absolute atomic E-state index is 8.56. The summed E-state index contributed by atoms with van der Waals surface area (Å²) >= 11 is 0. The van der Waals surface area contributed by atoms with Crippen LogP contribution in [0.5, 0.6) is 0 Å². The zero-order chi connectivity index (χ0) is 10.7. The molecule has 76 valence electrons. The summed E-state index contributed by atoms with van der Waals surface area (Å²) in [5, 5.41) is 15.7. The first-order valence-electron chi connectivity index (χ1n) is 4.49. The predicted octanol–water partition coefficient (Wildman–Crippen LogP) is 1.50. The maximum Gasteiger partial charge on any atom is 0.203 e. The second-order valence-corrected chi connectivity index (χ2v) is 3.13.